The van der Waals surface area contributed by atoms with E-state index in [1.165, 1.54) is 0 Å². The normalized spacial score (nSPS) is 23.2. The van der Waals surface area contributed by atoms with Gasteiger partial charge in [0.1, 0.15) is 0 Å². The Morgan fingerprint density at radius 3 is 1.26 bits per heavy atom. The lowest BCUT2D eigenvalue weighted by Gasteiger charge is -2.12. The lowest BCUT2D eigenvalue weighted by molar-refractivity contribution is 0.552. The average molecular weight is 308 g/mol. The van der Waals surface area contributed by atoms with Gasteiger partial charge in [0.2, 0.25) is 0 Å². The Morgan fingerprint density at radius 1 is 0.632 bits per heavy atom. The van der Waals surface area contributed by atoms with Crippen LogP contribution in [0.1, 0.15) is 51.4 Å². The van der Waals surface area contributed by atoms with Crippen LogP contribution in [0.15, 0.2) is 0 Å². The van der Waals surface area contributed by atoms with Crippen molar-refractivity contribution in [1.29, 1.82) is 0 Å². The number of hydrogen-bond donors (Lipinski definition) is 0. The van der Waals surface area contributed by atoms with Crippen molar-refractivity contribution in [1.82, 2.24) is 0 Å². The van der Waals surface area contributed by atoms with Gasteiger partial charge >= 0.3 is 0 Å². The summed E-state index contributed by atoms with van der Waals surface area (Å²) in [4.78, 5) is 0. The molecule has 0 heterocycles. The van der Waals surface area contributed by atoms with Crippen LogP contribution in [-0.2, 0) is 19.7 Å². The second-order valence-electron chi connectivity index (χ2n) is 6.24. The van der Waals surface area contributed by atoms with Gasteiger partial charge in [0.15, 0.2) is 24.8 Å². The van der Waals surface area contributed by atoms with Gasteiger partial charge in [-0.3, -0.25) is 0 Å². The highest BCUT2D eigenvalue weighted by Gasteiger charge is 2.30. The summed E-state index contributed by atoms with van der Waals surface area (Å²) in [6.07, 6.45) is 8.04. The van der Waals surface area contributed by atoms with Gasteiger partial charge in [-0.1, -0.05) is 25.7 Å². The molecule has 0 saturated heterocycles. The first-order valence-corrected chi connectivity index (χ1v) is 10.9. The summed E-state index contributed by atoms with van der Waals surface area (Å²) >= 11 is 0. The molecule has 4 nitrogen and oxygen atoms in total. The molecule has 112 valence electrons. The molecule has 2 fully saturated rings. The molecule has 6 heteroatoms. The monoisotopic (exact) mass is 308 g/mol. The van der Waals surface area contributed by atoms with Crippen molar-refractivity contribution in [3.8, 4) is 0 Å². The van der Waals surface area contributed by atoms with Crippen LogP contribution >= 0.6 is 0 Å². The van der Waals surface area contributed by atoms with E-state index in [0.29, 0.717) is 0 Å². The number of rotatable bonds is 6. The van der Waals surface area contributed by atoms with Crippen LogP contribution in [0.3, 0.4) is 0 Å². The van der Waals surface area contributed by atoms with E-state index in [-0.39, 0.29) is 23.3 Å². The fraction of sp³-hybridized carbons (Fsp3) is 1.00. The van der Waals surface area contributed by atoms with Crippen molar-refractivity contribution in [3.05, 3.63) is 0 Å². The molecule has 2 aliphatic rings. The van der Waals surface area contributed by atoms with Gasteiger partial charge in [-0.25, -0.2) is 16.8 Å². The summed E-state index contributed by atoms with van der Waals surface area (Å²) in [6, 6.07) is 0. The SMILES string of the molecule is O=S(=O)(CC1CCCC1)CS(=O)(=O)CC1CCCC1. The molecule has 0 aliphatic heterocycles. The van der Waals surface area contributed by atoms with Crippen LogP contribution in [0.2, 0.25) is 0 Å². The molecule has 0 aromatic carbocycles. The first-order chi connectivity index (χ1) is 8.86. The van der Waals surface area contributed by atoms with Crippen LogP contribution < -0.4 is 0 Å². The predicted octanol–water partition coefficient (Wildman–Crippen LogP) is 2.15. The van der Waals surface area contributed by atoms with Gasteiger partial charge in [-0.05, 0) is 37.5 Å². The molecule has 2 aliphatic carbocycles. The van der Waals surface area contributed by atoms with Crippen LogP contribution in [0.4, 0.5) is 0 Å². The molecule has 0 aromatic heterocycles. The van der Waals surface area contributed by atoms with E-state index in [9.17, 15) is 16.8 Å². The Kier molecular flexibility index (Phi) is 4.93. The minimum absolute atomic E-state index is 0.0664. The van der Waals surface area contributed by atoms with E-state index < -0.39 is 24.8 Å². The second kappa shape index (κ2) is 6.12. The smallest absolute Gasteiger partial charge is 0.164 e. The maximum absolute atomic E-state index is 12.0. The Hall–Kier alpha value is -0.100. The molecule has 0 bridgehead atoms. The Bertz CT molecular complexity index is 435. The molecule has 0 aromatic rings. The van der Waals surface area contributed by atoms with E-state index in [0.717, 1.165) is 51.4 Å². The van der Waals surface area contributed by atoms with Gasteiger partial charge in [0.25, 0.3) is 0 Å². The van der Waals surface area contributed by atoms with Crippen molar-refractivity contribution in [3.63, 3.8) is 0 Å². The Morgan fingerprint density at radius 2 is 0.947 bits per heavy atom. The fourth-order valence-electron chi connectivity index (χ4n) is 3.44. The molecule has 2 saturated carbocycles. The molecular formula is C13H24O4S2. The van der Waals surface area contributed by atoms with E-state index in [1.807, 2.05) is 0 Å². The minimum Gasteiger partial charge on any atom is -0.228 e. The van der Waals surface area contributed by atoms with Gasteiger partial charge < -0.3 is 0 Å². The topological polar surface area (TPSA) is 68.3 Å². The van der Waals surface area contributed by atoms with Crippen molar-refractivity contribution in [2.75, 3.05) is 16.6 Å². The van der Waals surface area contributed by atoms with E-state index in [1.54, 1.807) is 0 Å². The first kappa shape index (κ1) is 15.3. The molecule has 2 rings (SSSR count). The Balaban J connectivity index is 1.89. The van der Waals surface area contributed by atoms with Gasteiger partial charge in [0, 0.05) is 0 Å². The molecular weight excluding hydrogens is 284 g/mol. The lowest BCUT2D eigenvalue weighted by Crippen LogP contribution is -2.26. The molecule has 19 heavy (non-hydrogen) atoms. The van der Waals surface area contributed by atoms with Gasteiger partial charge in [0.05, 0.1) is 11.5 Å². The van der Waals surface area contributed by atoms with E-state index in [4.69, 9.17) is 0 Å². The highest BCUT2D eigenvalue weighted by atomic mass is 32.3. The molecule has 0 spiro atoms. The predicted molar refractivity (Wildman–Crippen MR) is 76.4 cm³/mol. The molecule has 0 N–H and O–H groups in total. The van der Waals surface area contributed by atoms with Gasteiger partial charge in [-0.2, -0.15) is 0 Å². The molecule has 0 unspecified atom stereocenters. The van der Waals surface area contributed by atoms with Crippen molar-refractivity contribution in [2.24, 2.45) is 11.8 Å². The summed E-state index contributed by atoms with van der Waals surface area (Å²) in [6.45, 7) is 0. The zero-order chi connectivity index (χ0) is 13.9. The van der Waals surface area contributed by atoms with Crippen LogP contribution in [0.25, 0.3) is 0 Å². The van der Waals surface area contributed by atoms with E-state index >= 15 is 0 Å². The third-order valence-electron chi connectivity index (χ3n) is 4.29. The van der Waals surface area contributed by atoms with Crippen LogP contribution in [0, 0.1) is 11.8 Å². The van der Waals surface area contributed by atoms with E-state index in [2.05, 4.69) is 0 Å². The first-order valence-electron chi connectivity index (χ1n) is 7.27. The highest BCUT2D eigenvalue weighted by Crippen LogP contribution is 2.28. The summed E-state index contributed by atoms with van der Waals surface area (Å²) in [5, 5.41) is -0.632. The average Bonchev–Trinajstić information content (AvgIpc) is 2.87. The quantitative estimate of drug-likeness (QED) is 0.754. The molecule has 0 amide bonds. The third kappa shape index (κ3) is 5.06. The summed E-state index contributed by atoms with van der Waals surface area (Å²) in [7, 11) is -6.90. The zero-order valence-electron chi connectivity index (χ0n) is 11.4. The number of sulfone groups is 2. The summed E-state index contributed by atoms with van der Waals surface area (Å²) in [5.41, 5.74) is 0. The highest BCUT2D eigenvalue weighted by molar-refractivity contribution is 8.08. The maximum Gasteiger partial charge on any atom is 0.164 e. The van der Waals surface area contributed by atoms with Crippen molar-refractivity contribution < 1.29 is 16.8 Å². The lowest BCUT2D eigenvalue weighted by atomic mass is 10.1. The number of hydrogen-bond acceptors (Lipinski definition) is 4. The maximum atomic E-state index is 12.0. The van der Waals surface area contributed by atoms with Crippen molar-refractivity contribution >= 4 is 19.7 Å². The second-order valence-corrected chi connectivity index (χ2v) is 10.8. The van der Waals surface area contributed by atoms with Crippen LogP contribution in [0.5, 0.6) is 0 Å². The van der Waals surface area contributed by atoms with Crippen LogP contribution in [-0.4, -0.2) is 33.4 Å². The zero-order valence-corrected chi connectivity index (χ0v) is 13.0. The fourth-order valence-corrected chi connectivity index (χ4v) is 8.50. The van der Waals surface area contributed by atoms with Crippen molar-refractivity contribution in [2.45, 2.75) is 51.4 Å². The molecule has 0 atom stereocenters. The summed E-state index contributed by atoms with van der Waals surface area (Å²) < 4.78 is 48.0. The molecule has 0 radical (unpaired) electrons. The largest absolute Gasteiger partial charge is 0.228 e. The van der Waals surface area contributed by atoms with Gasteiger partial charge in [-0.15, -0.1) is 0 Å². The third-order valence-corrected chi connectivity index (χ3v) is 9.12. The standard InChI is InChI=1S/C13H24O4S2/c14-18(15,9-12-5-1-2-6-12)11-19(16,17)10-13-7-3-4-8-13/h12-13H,1-11H2. The summed E-state index contributed by atoms with van der Waals surface area (Å²) in [5.74, 6) is 0.506. The minimum atomic E-state index is -3.45. The Labute approximate surface area is 116 Å².